The first kappa shape index (κ1) is 16.7. The van der Waals surface area contributed by atoms with Crippen LogP contribution in [0.1, 0.15) is 35.4 Å². The lowest BCUT2D eigenvalue weighted by Gasteiger charge is -2.26. The molecular weight excluding hydrogens is 321 g/mol. The molecule has 1 aliphatic rings. The first-order valence-electron chi connectivity index (χ1n) is 8.10. The minimum absolute atomic E-state index is 0. The van der Waals surface area contributed by atoms with Crippen LogP contribution in [0.15, 0.2) is 67.0 Å². The molecule has 0 bridgehead atoms. The second-order valence-electron chi connectivity index (χ2n) is 6.15. The molecule has 0 saturated heterocycles. The molecule has 122 valence electrons. The van der Waals surface area contributed by atoms with Crippen molar-refractivity contribution in [3.63, 3.8) is 0 Å². The van der Waals surface area contributed by atoms with Crippen LogP contribution in [0.5, 0.6) is 0 Å². The van der Waals surface area contributed by atoms with Gasteiger partial charge in [-0.25, -0.2) is 4.39 Å². The van der Waals surface area contributed by atoms with Gasteiger partial charge in [0, 0.05) is 18.3 Å². The molecule has 1 aromatic heterocycles. The molecule has 3 aromatic rings. The summed E-state index contributed by atoms with van der Waals surface area (Å²) in [6.07, 6.45) is 7.25. The van der Waals surface area contributed by atoms with Crippen LogP contribution >= 0.6 is 12.4 Å². The normalized spacial score (nSPS) is 16.1. The average Bonchev–Trinajstić information content (AvgIpc) is 2.62. The quantitative estimate of drug-likeness (QED) is 0.577. The topological polar surface area (TPSA) is 12.9 Å². The Hall–Kier alpha value is -2.19. The van der Waals surface area contributed by atoms with E-state index in [1.54, 1.807) is 0 Å². The van der Waals surface area contributed by atoms with E-state index >= 15 is 0 Å². The van der Waals surface area contributed by atoms with Crippen molar-refractivity contribution in [2.24, 2.45) is 0 Å². The number of halogens is 2. The van der Waals surface area contributed by atoms with Crippen molar-refractivity contribution in [1.82, 2.24) is 4.98 Å². The fourth-order valence-electron chi connectivity index (χ4n) is 3.58. The number of pyridine rings is 1. The van der Waals surface area contributed by atoms with Gasteiger partial charge in [-0.05, 0) is 71.3 Å². The van der Waals surface area contributed by atoms with E-state index in [0.717, 1.165) is 12.0 Å². The van der Waals surface area contributed by atoms with Gasteiger partial charge in [-0.1, -0.05) is 30.3 Å². The van der Waals surface area contributed by atoms with Crippen LogP contribution in [0, 0.1) is 5.82 Å². The van der Waals surface area contributed by atoms with Gasteiger partial charge in [0.25, 0.3) is 0 Å². The number of hydrogen-bond acceptors (Lipinski definition) is 1. The van der Waals surface area contributed by atoms with Gasteiger partial charge in [0.1, 0.15) is 5.82 Å². The lowest BCUT2D eigenvalue weighted by atomic mass is 9.78. The van der Waals surface area contributed by atoms with Gasteiger partial charge in [-0.15, -0.1) is 12.4 Å². The zero-order chi connectivity index (χ0) is 15.6. The van der Waals surface area contributed by atoms with E-state index in [1.165, 1.54) is 47.2 Å². The van der Waals surface area contributed by atoms with E-state index in [-0.39, 0.29) is 18.2 Å². The molecule has 1 unspecified atom stereocenters. The monoisotopic (exact) mass is 339 g/mol. The molecule has 0 fully saturated rings. The minimum Gasteiger partial charge on any atom is -0.265 e. The van der Waals surface area contributed by atoms with Crippen LogP contribution in [0.4, 0.5) is 4.39 Å². The number of fused-ring (bicyclic) bond motifs is 1. The van der Waals surface area contributed by atoms with Gasteiger partial charge >= 0.3 is 0 Å². The predicted octanol–water partition coefficient (Wildman–Crippen LogP) is 5.78. The number of aromatic nitrogens is 1. The number of hydrogen-bond donors (Lipinski definition) is 0. The van der Waals surface area contributed by atoms with E-state index in [0.29, 0.717) is 5.92 Å². The van der Waals surface area contributed by atoms with Gasteiger partial charge in [-0.3, -0.25) is 4.98 Å². The maximum absolute atomic E-state index is 13.1. The molecule has 1 atom stereocenters. The molecule has 24 heavy (non-hydrogen) atoms. The van der Waals surface area contributed by atoms with Crippen molar-refractivity contribution in [3.05, 3.63) is 89.5 Å². The van der Waals surface area contributed by atoms with Crippen molar-refractivity contribution in [3.8, 4) is 11.1 Å². The molecule has 4 rings (SSSR count). The average molecular weight is 340 g/mol. The molecule has 2 aromatic carbocycles. The molecule has 1 aliphatic carbocycles. The van der Waals surface area contributed by atoms with Crippen molar-refractivity contribution in [1.29, 1.82) is 0 Å². The van der Waals surface area contributed by atoms with Gasteiger partial charge in [0.05, 0.1) is 0 Å². The summed E-state index contributed by atoms with van der Waals surface area (Å²) in [5.74, 6) is 0.272. The van der Waals surface area contributed by atoms with E-state index in [1.807, 2.05) is 24.5 Å². The van der Waals surface area contributed by atoms with E-state index in [9.17, 15) is 4.39 Å². The highest BCUT2D eigenvalue weighted by molar-refractivity contribution is 5.85. The van der Waals surface area contributed by atoms with E-state index in [4.69, 9.17) is 0 Å². The molecule has 1 heterocycles. The molecule has 1 nitrogen and oxygen atoms in total. The number of benzene rings is 2. The summed E-state index contributed by atoms with van der Waals surface area (Å²) < 4.78 is 13.1. The zero-order valence-corrected chi connectivity index (χ0v) is 14.1. The predicted molar refractivity (Wildman–Crippen MR) is 98.1 cm³/mol. The SMILES string of the molecule is Cl.Fc1ccc(-c2ccc3c(c2)CCCC3c2ccncc2)cc1. The molecule has 0 radical (unpaired) electrons. The Bertz CT molecular complexity index is 815. The molecule has 0 N–H and O–H groups in total. The van der Waals surface area contributed by atoms with Crippen LogP contribution in [0.3, 0.4) is 0 Å². The lowest BCUT2D eigenvalue weighted by molar-refractivity contribution is 0.615. The smallest absolute Gasteiger partial charge is 0.123 e. The van der Waals surface area contributed by atoms with Crippen molar-refractivity contribution in [2.45, 2.75) is 25.2 Å². The Morgan fingerprint density at radius 1 is 0.875 bits per heavy atom. The Labute approximate surface area is 148 Å². The summed E-state index contributed by atoms with van der Waals surface area (Å²) in [7, 11) is 0. The standard InChI is InChI=1S/C21H18FN.ClH/c22-19-7-4-15(5-8-19)17-6-9-21-18(14-17)2-1-3-20(21)16-10-12-23-13-11-16;/h4-14,20H,1-3H2;1H. The third kappa shape index (κ3) is 3.20. The maximum Gasteiger partial charge on any atom is 0.123 e. The first-order chi connectivity index (χ1) is 11.3. The van der Waals surface area contributed by atoms with Crippen molar-refractivity contribution >= 4 is 12.4 Å². The Kier molecular flexibility index (Phi) is 4.96. The molecule has 3 heteroatoms. The zero-order valence-electron chi connectivity index (χ0n) is 13.3. The number of aryl methyl sites for hydroxylation is 1. The third-order valence-electron chi connectivity index (χ3n) is 4.74. The van der Waals surface area contributed by atoms with Gasteiger partial charge in [-0.2, -0.15) is 0 Å². The third-order valence-corrected chi connectivity index (χ3v) is 4.74. The second kappa shape index (κ2) is 7.14. The van der Waals surface area contributed by atoms with Crippen molar-refractivity contribution in [2.75, 3.05) is 0 Å². The summed E-state index contributed by atoms with van der Waals surface area (Å²) in [6.45, 7) is 0. The van der Waals surface area contributed by atoms with Crippen LogP contribution in [-0.2, 0) is 6.42 Å². The molecule has 0 amide bonds. The number of nitrogens with zero attached hydrogens (tertiary/aromatic N) is 1. The summed E-state index contributed by atoms with van der Waals surface area (Å²) in [5, 5.41) is 0. The molecular formula is C21H19ClFN. The summed E-state index contributed by atoms with van der Waals surface area (Å²) in [6, 6.07) is 17.7. The largest absolute Gasteiger partial charge is 0.265 e. The van der Waals surface area contributed by atoms with Crippen LogP contribution in [-0.4, -0.2) is 4.98 Å². The van der Waals surface area contributed by atoms with Crippen LogP contribution in [0.25, 0.3) is 11.1 Å². The van der Waals surface area contributed by atoms with Gasteiger partial charge in [0.15, 0.2) is 0 Å². The Morgan fingerprint density at radius 3 is 2.33 bits per heavy atom. The summed E-state index contributed by atoms with van der Waals surface area (Å²) >= 11 is 0. The second-order valence-corrected chi connectivity index (χ2v) is 6.15. The van der Waals surface area contributed by atoms with Crippen molar-refractivity contribution < 1.29 is 4.39 Å². The Balaban J connectivity index is 0.00000169. The molecule has 0 aliphatic heterocycles. The minimum atomic E-state index is -0.190. The van der Waals surface area contributed by atoms with Gasteiger partial charge in [0.2, 0.25) is 0 Å². The highest BCUT2D eigenvalue weighted by atomic mass is 35.5. The van der Waals surface area contributed by atoms with Crippen LogP contribution in [0.2, 0.25) is 0 Å². The van der Waals surface area contributed by atoms with E-state index in [2.05, 4.69) is 35.3 Å². The summed E-state index contributed by atoms with van der Waals surface area (Å²) in [4.78, 5) is 4.13. The molecule has 0 saturated carbocycles. The fourth-order valence-corrected chi connectivity index (χ4v) is 3.58. The highest BCUT2D eigenvalue weighted by Crippen LogP contribution is 2.38. The van der Waals surface area contributed by atoms with E-state index < -0.39 is 0 Å². The number of rotatable bonds is 2. The Morgan fingerprint density at radius 2 is 1.58 bits per heavy atom. The highest BCUT2D eigenvalue weighted by Gasteiger charge is 2.22. The lowest BCUT2D eigenvalue weighted by Crippen LogP contribution is -2.11. The first-order valence-corrected chi connectivity index (χ1v) is 8.10. The fraction of sp³-hybridized carbons (Fsp3) is 0.190. The van der Waals surface area contributed by atoms with Gasteiger partial charge < -0.3 is 0 Å². The summed E-state index contributed by atoms with van der Waals surface area (Å²) in [5.41, 5.74) is 6.42. The molecule has 0 spiro atoms. The maximum atomic E-state index is 13.1. The van der Waals surface area contributed by atoms with Crippen LogP contribution < -0.4 is 0 Å².